The van der Waals surface area contributed by atoms with Gasteiger partial charge in [0, 0.05) is 12.1 Å². The zero-order valence-electron chi connectivity index (χ0n) is 14.6. The Balaban J connectivity index is 1.90. The lowest BCUT2D eigenvalue weighted by molar-refractivity contribution is 0.833. The predicted molar refractivity (Wildman–Crippen MR) is 110 cm³/mol. The van der Waals surface area contributed by atoms with Crippen LogP contribution in [0, 0.1) is 13.8 Å². The highest BCUT2D eigenvalue weighted by atomic mass is 35.5. The smallest absolute Gasteiger partial charge is 0.141 e. The van der Waals surface area contributed by atoms with Gasteiger partial charge in [0.15, 0.2) is 0 Å². The number of aromatic nitrogens is 2. The van der Waals surface area contributed by atoms with Crippen LogP contribution < -0.4 is 0 Å². The van der Waals surface area contributed by atoms with Gasteiger partial charge in [0.05, 0.1) is 21.1 Å². The maximum absolute atomic E-state index is 6.21. The van der Waals surface area contributed by atoms with Crippen molar-refractivity contribution < 1.29 is 0 Å². The molecule has 130 valence electrons. The lowest BCUT2D eigenvalue weighted by Crippen LogP contribution is -2.03. The van der Waals surface area contributed by atoms with Gasteiger partial charge < -0.3 is 4.57 Å². The van der Waals surface area contributed by atoms with Crippen molar-refractivity contribution in [2.24, 2.45) is 0 Å². The minimum Gasteiger partial charge on any atom is -0.319 e. The summed E-state index contributed by atoms with van der Waals surface area (Å²) in [4.78, 5) is 4.91. The number of fused-ring (bicyclic) bond motifs is 1. The zero-order valence-corrected chi connectivity index (χ0v) is 16.1. The highest BCUT2D eigenvalue weighted by molar-refractivity contribution is 6.42. The van der Waals surface area contributed by atoms with E-state index in [0.717, 1.165) is 28.0 Å². The molecular weight excluding hydrogens is 363 g/mol. The van der Waals surface area contributed by atoms with Crippen LogP contribution in [-0.2, 0) is 6.54 Å². The Morgan fingerprint density at radius 3 is 2.46 bits per heavy atom. The number of para-hydroxylation sites is 2. The van der Waals surface area contributed by atoms with E-state index in [2.05, 4.69) is 42.7 Å². The summed E-state index contributed by atoms with van der Waals surface area (Å²) in [7, 11) is 0. The first-order valence-electron chi connectivity index (χ1n) is 8.50. The highest BCUT2D eigenvalue weighted by Crippen LogP contribution is 2.30. The summed E-state index contributed by atoms with van der Waals surface area (Å²) in [6, 6.07) is 20.5. The first-order chi connectivity index (χ1) is 12.5. The largest absolute Gasteiger partial charge is 0.319 e. The molecule has 0 bridgehead atoms. The minimum atomic E-state index is 0.570. The van der Waals surface area contributed by atoms with Crippen LogP contribution in [0.4, 0.5) is 0 Å². The second kappa shape index (κ2) is 6.79. The van der Waals surface area contributed by atoms with Crippen LogP contribution in [0.25, 0.3) is 22.4 Å². The summed E-state index contributed by atoms with van der Waals surface area (Å²) < 4.78 is 2.24. The standard InChI is InChI=1S/C22H18Cl2N2/c1-14-7-9-17(15(2)11-14)22-25-20-5-3-4-6-21(20)26(22)13-16-8-10-18(23)19(24)12-16/h3-12H,13H2,1-2H3. The van der Waals surface area contributed by atoms with E-state index in [1.807, 2.05) is 36.4 Å². The van der Waals surface area contributed by atoms with Gasteiger partial charge in [-0.3, -0.25) is 0 Å². The quantitative estimate of drug-likeness (QED) is 0.387. The van der Waals surface area contributed by atoms with Crippen LogP contribution in [0.2, 0.25) is 10.0 Å². The molecule has 0 saturated carbocycles. The van der Waals surface area contributed by atoms with Gasteiger partial charge in [-0.1, -0.05) is 65.2 Å². The number of hydrogen-bond donors (Lipinski definition) is 0. The molecule has 0 atom stereocenters. The van der Waals surface area contributed by atoms with E-state index in [0.29, 0.717) is 16.6 Å². The average molecular weight is 381 g/mol. The van der Waals surface area contributed by atoms with Gasteiger partial charge in [0.1, 0.15) is 5.82 Å². The Morgan fingerprint density at radius 1 is 0.885 bits per heavy atom. The third-order valence-corrected chi connectivity index (χ3v) is 5.34. The van der Waals surface area contributed by atoms with Crippen molar-refractivity contribution in [1.29, 1.82) is 0 Å². The van der Waals surface area contributed by atoms with Gasteiger partial charge in [0.25, 0.3) is 0 Å². The number of nitrogens with zero attached hydrogens (tertiary/aromatic N) is 2. The first kappa shape index (κ1) is 17.1. The molecule has 0 spiro atoms. The molecule has 3 aromatic carbocycles. The summed E-state index contributed by atoms with van der Waals surface area (Å²) in [5.74, 6) is 0.967. The van der Waals surface area contributed by atoms with Crippen LogP contribution in [0.15, 0.2) is 60.7 Å². The first-order valence-corrected chi connectivity index (χ1v) is 9.25. The van der Waals surface area contributed by atoms with Crippen molar-refractivity contribution in [3.63, 3.8) is 0 Å². The van der Waals surface area contributed by atoms with Crippen LogP contribution in [-0.4, -0.2) is 9.55 Å². The van der Waals surface area contributed by atoms with Gasteiger partial charge >= 0.3 is 0 Å². The molecule has 0 amide bonds. The summed E-state index contributed by atoms with van der Waals surface area (Å²) in [6.45, 7) is 4.92. The van der Waals surface area contributed by atoms with E-state index in [1.165, 1.54) is 11.1 Å². The Kier molecular flexibility index (Phi) is 4.47. The lowest BCUT2D eigenvalue weighted by atomic mass is 10.1. The second-order valence-corrected chi connectivity index (χ2v) is 7.39. The van der Waals surface area contributed by atoms with E-state index in [9.17, 15) is 0 Å². The van der Waals surface area contributed by atoms with Crippen LogP contribution in [0.5, 0.6) is 0 Å². The molecule has 0 fully saturated rings. The van der Waals surface area contributed by atoms with Crippen LogP contribution >= 0.6 is 23.2 Å². The fourth-order valence-electron chi connectivity index (χ4n) is 3.33. The van der Waals surface area contributed by atoms with Gasteiger partial charge in [0.2, 0.25) is 0 Å². The lowest BCUT2D eigenvalue weighted by Gasteiger charge is -2.12. The Morgan fingerprint density at radius 2 is 1.69 bits per heavy atom. The average Bonchev–Trinajstić information content (AvgIpc) is 2.97. The Labute approximate surface area is 163 Å². The highest BCUT2D eigenvalue weighted by Gasteiger charge is 2.15. The van der Waals surface area contributed by atoms with E-state index >= 15 is 0 Å². The minimum absolute atomic E-state index is 0.570. The SMILES string of the molecule is Cc1ccc(-c2nc3ccccc3n2Cc2ccc(Cl)c(Cl)c2)c(C)c1. The summed E-state index contributed by atoms with van der Waals surface area (Å²) >= 11 is 12.3. The van der Waals surface area contributed by atoms with Crippen molar-refractivity contribution >= 4 is 34.2 Å². The molecule has 0 radical (unpaired) electrons. The van der Waals surface area contributed by atoms with E-state index < -0.39 is 0 Å². The third kappa shape index (κ3) is 3.11. The molecule has 1 heterocycles. The topological polar surface area (TPSA) is 17.8 Å². The van der Waals surface area contributed by atoms with Crippen LogP contribution in [0.1, 0.15) is 16.7 Å². The molecule has 1 aromatic heterocycles. The fourth-order valence-corrected chi connectivity index (χ4v) is 3.65. The summed E-state index contributed by atoms with van der Waals surface area (Å²) in [5.41, 5.74) is 6.80. The van der Waals surface area contributed by atoms with E-state index in [-0.39, 0.29) is 0 Å². The van der Waals surface area contributed by atoms with Crippen molar-refractivity contribution in [2.45, 2.75) is 20.4 Å². The molecule has 2 nitrogen and oxygen atoms in total. The fraction of sp³-hybridized carbons (Fsp3) is 0.136. The predicted octanol–water partition coefficient (Wildman–Crippen LogP) is 6.68. The molecular formula is C22H18Cl2N2. The monoisotopic (exact) mass is 380 g/mol. The normalized spacial score (nSPS) is 11.2. The van der Waals surface area contributed by atoms with Crippen LogP contribution in [0.3, 0.4) is 0 Å². The van der Waals surface area contributed by atoms with E-state index in [1.54, 1.807) is 0 Å². The van der Waals surface area contributed by atoms with Gasteiger partial charge in [-0.15, -0.1) is 0 Å². The maximum Gasteiger partial charge on any atom is 0.141 e. The Bertz CT molecular complexity index is 1110. The number of halogens is 2. The van der Waals surface area contributed by atoms with Gasteiger partial charge in [-0.05, 0) is 49.2 Å². The maximum atomic E-state index is 6.21. The van der Waals surface area contributed by atoms with Crippen molar-refractivity contribution in [3.8, 4) is 11.4 Å². The van der Waals surface area contributed by atoms with Crippen molar-refractivity contribution in [1.82, 2.24) is 9.55 Å². The van der Waals surface area contributed by atoms with Gasteiger partial charge in [-0.2, -0.15) is 0 Å². The summed E-state index contributed by atoms with van der Waals surface area (Å²) in [6.07, 6.45) is 0. The molecule has 0 aliphatic rings. The number of rotatable bonds is 3. The molecule has 0 saturated heterocycles. The molecule has 4 rings (SSSR count). The number of aryl methyl sites for hydroxylation is 2. The summed E-state index contributed by atoms with van der Waals surface area (Å²) in [5, 5.41) is 1.14. The van der Waals surface area contributed by atoms with Gasteiger partial charge in [-0.25, -0.2) is 4.98 Å². The molecule has 4 aromatic rings. The second-order valence-electron chi connectivity index (χ2n) is 6.58. The molecule has 0 aliphatic carbocycles. The molecule has 0 N–H and O–H groups in total. The molecule has 4 heteroatoms. The number of hydrogen-bond acceptors (Lipinski definition) is 1. The molecule has 26 heavy (non-hydrogen) atoms. The van der Waals surface area contributed by atoms with E-state index in [4.69, 9.17) is 28.2 Å². The van der Waals surface area contributed by atoms with Crippen molar-refractivity contribution in [2.75, 3.05) is 0 Å². The number of benzene rings is 3. The third-order valence-electron chi connectivity index (χ3n) is 4.60. The van der Waals surface area contributed by atoms with Crippen molar-refractivity contribution in [3.05, 3.63) is 87.4 Å². The number of imidazole rings is 1. The molecule has 0 aliphatic heterocycles. The Hall–Kier alpha value is -2.29. The zero-order chi connectivity index (χ0) is 18.3. The molecule has 0 unspecified atom stereocenters.